The van der Waals surface area contributed by atoms with E-state index in [0.29, 0.717) is 0 Å². The van der Waals surface area contributed by atoms with Crippen molar-refractivity contribution in [1.82, 2.24) is 14.3 Å². The third-order valence-electron chi connectivity index (χ3n) is 5.20. The smallest absolute Gasteiger partial charge is 0.271 e. The van der Waals surface area contributed by atoms with E-state index in [4.69, 9.17) is 0 Å². The van der Waals surface area contributed by atoms with Gasteiger partial charge in [0.1, 0.15) is 5.82 Å². The fourth-order valence-corrected chi connectivity index (χ4v) is 3.76. The number of hydrogen-bond donors (Lipinski definition) is 0. The molecule has 3 aromatic rings. The molecule has 4 nitrogen and oxygen atoms in total. The van der Waals surface area contributed by atoms with Crippen molar-refractivity contribution in [1.29, 1.82) is 0 Å². The first-order chi connectivity index (χ1) is 11.8. The number of hydrogen-bond acceptors (Lipinski definition) is 2. The van der Waals surface area contributed by atoms with Gasteiger partial charge in [-0.2, -0.15) is 4.68 Å². The molecule has 0 bridgehead atoms. The van der Waals surface area contributed by atoms with E-state index in [1.54, 1.807) is 4.68 Å². The summed E-state index contributed by atoms with van der Waals surface area (Å²) in [5.41, 5.74) is 3.39. The molecule has 1 aromatic heterocycles. The topological polar surface area (TPSA) is 39.8 Å². The van der Waals surface area contributed by atoms with E-state index < -0.39 is 0 Å². The molecule has 1 saturated carbocycles. The first kappa shape index (κ1) is 13.8. The van der Waals surface area contributed by atoms with Gasteiger partial charge in [-0.3, -0.25) is 4.57 Å². The van der Waals surface area contributed by atoms with Crippen LogP contribution in [0.15, 0.2) is 59.4 Å². The first-order valence-electron chi connectivity index (χ1n) is 8.67. The van der Waals surface area contributed by atoms with Crippen LogP contribution in [-0.4, -0.2) is 14.3 Å². The Balaban J connectivity index is 1.55. The highest BCUT2D eigenvalue weighted by Gasteiger charge is 2.29. The van der Waals surface area contributed by atoms with Crippen LogP contribution in [0.25, 0.3) is 5.69 Å². The summed E-state index contributed by atoms with van der Waals surface area (Å²) in [6.45, 7) is 0. The van der Waals surface area contributed by atoms with Gasteiger partial charge in [-0.05, 0) is 48.4 Å². The van der Waals surface area contributed by atoms with Gasteiger partial charge in [0.25, 0.3) is 0 Å². The molecule has 120 valence electrons. The van der Waals surface area contributed by atoms with Crippen LogP contribution in [-0.2, 0) is 6.42 Å². The van der Waals surface area contributed by atoms with Crippen LogP contribution in [0.1, 0.15) is 48.2 Å². The summed E-state index contributed by atoms with van der Waals surface area (Å²) in [5.74, 6) is 1.62. The van der Waals surface area contributed by atoms with Gasteiger partial charge >= 0.3 is 5.69 Å². The molecule has 2 aliphatic rings. The predicted molar refractivity (Wildman–Crippen MR) is 92.7 cm³/mol. The minimum Gasteiger partial charge on any atom is -0.271 e. The lowest BCUT2D eigenvalue weighted by Crippen LogP contribution is -2.26. The summed E-state index contributed by atoms with van der Waals surface area (Å²) >= 11 is 0. The maximum atomic E-state index is 12.9. The molecule has 0 radical (unpaired) electrons. The number of benzene rings is 2. The van der Waals surface area contributed by atoms with E-state index in [0.717, 1.165) is 30.3 Å². The van der Waals surface area contributed by atoms with Crippen LogP contribution < -0.4 is 5.69 Å². The van der Waals surface area contributed by atoms with Crippen molar-refractivity contribution >= 4 is 0 Å². The van der Waals surface area contributed by atoms with Crippen molar-refractivity contribution in [2.75, 3.05) is 0 Å². The zero-order valence-corrected chi connectivity index (χ0v) is 13.4. The number of aromatic nitrogens is 3. The quantitative estimate of drug-likeness (QED) is 0.742. The van der Waals surface area contributed by atoms with Crippen molar-refractivity contribution < 1.29 is 0 Å². The van der Waals surface area contributed by atoms with Gasteiger partial charge in [-0.25, -0.2) is 4.79 Å². The Morgan fingerprint density at radius 1 is 0.875 bits per heavy atom. The summed E-state index contributed by atoms with van der Waals surface area (Å²) < 4.78 is 3.42. The predicted octanol–water partition coefficient (Wildman–Crippen LogP) is 3.45. The fraction of sp³-hybridized carbons (Fsp3) is 0.300. The molecule has 0 N–H and O–H groups in total. The van der Waals surface area contributed by atoms with Gasteiger partial charge in [0, 0.05) is 6.42 Å². The van der Waals surface area contributed by atoms with E-state index in [9.17, 15) is 4.79 Å². The normalized spacial score (nSPS) is 19.4. The molecule has 4 heteroatoms. The Morgan fingerprint density at radius 3 is 2.33 bits per heavy atom. The zero-order chi connectivity index (χ0) is 16.1. The Morgan fingerprint density at radius 2 is 1.62 bits per heavy atom. The SMILES string of the molecule is O=c1n(-c2ccc(C3CC3)cc2)nc2n1[C@H](c1ccccc1)CC2. The van der Waals surface area contributed by atoms with Crippen LogP contribution in [0.5, 0.6) is 0 Å². The van der Waals surface area contributed by atoms with E-state index in [2.05, 4.69) is 29.4 Å². The average Bonchev–Trinajstić information content (AvgIpc) is 3.32. The van der Waals surface area contributed by atoms with Crippen molar-refractivity contribution in [3.05, 3.63) is 82.0 Å². The maximum Gasteiger partial charge on any atom is 0.351 e. The summed E-state index contributed by atoms with van der Waals surface area (Å²) in [4.78, 5) is 12.9. The Kier molecular flexibility index (Phi) is 2.98. The van der Waals surface area contributed by atoms with Gasteiger partial charge in [0.2, 0.25) is 0 Å². The second-order valence-electron chi connectivity index (χ2n) is 6.81. The monoisotopic (exact) mass is 317 g/mol. The van der Waals surface area contributed by atoms with E-state index in [1.807, 2.05) is 34.9 Å². The fourth-order valence-electron chi connectivity index (χ4n) is 3.76. The molecule has 1 fully saturated rings. The number of fused-ring (bicyclic) bond motifs is 1. The zero-order valence-electron chi connectivity index (χ0n) is 13.4. The van der Waals surface area contributed by atoms with Crippen LogP contribution in [0.3, 0.4) is 0 Å². The molecule has 0 spiro atoms. The minimum atomic E-state index is -0.0319. The van der Waals surface area contributed by atoms with Gasteiger partial charge in [-0.15, -0.1) is 5.10 Å². The average molecular weight is 317 g/mol. The lowest BCUT2D eigenvalue weighted by Gasteiger charge is -2.12. The second-order valence-corrected chi connectivity index (χ2v) is 6.81. The number of nitrogens with zero attached hydrogens (tertiary/aromatic N) is 3. The lowest BCUT2D eigenvalue weighted by molar-refractivity contribution is 0.588. The van der Waals surface area contributed by atoms with Crippen LogP contribution >= 0.6 is 0 Å². The first-order valence-corrected chi connectivity index (χ1v) is 8.67. The van der Waals surface area contributed by atoms with E-state index in [-0.39, 0.29) is 11.7 Å². The van der Waals surface area contributed by atoms with E-state index >= 15 is 0 Å². The molecule has 0 saturated heterocycles. The molecule has 1 aliphatic carbocycles. The van der Waals surface area contributed by atoms with Crippen molar-refractivity contribution in [3.63, 3.8) is 0 Å². The largest absolute Gasteiger partial charge is 0.351 e. The van der Waals surface area contributed by atoms with Crippen LogP contribution in [0.4, 0.5) is 0 Å². The van der Waals surface area contributed by atoms with Gasteiger partial charge in [-0.1, -0.05) is 42.5 Å². The van der Waals surface area contributed by atoms with Gasteiger partial charge < -0.3 is 0 Å². The Bertz CT molecular complexity index is 933. The molecule has 2 aromatic carbocycles. The number of aryl methyl sites for hydroxylation is 1. The molecule has 5 rings (SSSR count). The van der Waals surface area contributed by atoms with E-state index in [1.165, 1.54) is 24.0 Å². The molecule has 0 unspecified atom stereocenters. The highest BCUT2D eigenvalue weighted by Crippen LogP contribution is 2.40. The van der Waals surface area contributed by atoms with Gasteiger partial charge in [0.15, 0.2) is 0 Å². The van der Waals surface area contributed by atoms with Crippen molar-refractivity contribution in [2.45, 2.75) is 37.6 Å². The summed E-state index contributed by atoms with van der Waals surface area (Å²) in [6.07, 6.45) is 4.37. The molecule has 1 atom stereocenters. The molecule has 1 aliphatic heterocycles. The Hall–Kier alpha value is -2.62. The highest BCUT2D eigenvalue weighted by molar-refractivity contribution is 5.36. The minimum absolute atomic E-state index is 0.0319. The molecular weight excluding hydrogens is 298 g/mol. The van der Waals surface area contributed by atoms with Crippen LogP contribution in [0, 0.1) is 0 Å². The molecule has 2 heterocycles. The van der Waals surface area contributed by atoms with Crippen LogP contribution in [0.2, 0.25) is 0 Å². The maximum absolute atomic E-state index is 12.9. The third-order valence-corrected chi connectivity index (χ3v) is 5.20. The third kappa shape index (κ3) is 2.13. The Labute approximate surface area is 140 Å². The highest BCUT2D eigenvalue weighted by atomic mass is 16.2. The number of rotatable bonds is 3. The molecular formula is C20H19N3O. The summed E-state index contributed by atoms with van der Waals surface area (Å²) in [5, 5.41) is 4.59. The summed E-state index contributed by atoms with van der Waals surface area (Å²) in [6, 6.07) is 18.7. The standard InChI is InChI=1S/C20H19N3O/c24-20-22-18(16-4-2-1-3-5-16)12-13-19(22)21-23(20)17-10-8-15(9-11-17)14-6-7-14/h1-5,8-11,14,18H,6-7,12-13H2/t18-/m0/s1. The lowest BCUT2D eigenvalue weighted by atomic mass is 10.1. The molecule has 24 heavy (non-hydrogen) atoms. The molecule has 0 amide bonds. The second kappa shape index (κ2) is 5.20. The van der Waals surface area contributed by atoms with Crippen molar-refractivity contribution in [2.24, 2.45) is 0 Å². The van der Waals surface area contributed by atoms with Crippen molar-refractivity contribution in [3.8, 4) is 5.69 Å². The van der Waals surface area contributed by atoms with Gasteiger partial charge in [0.05, 0.1) is 11.7 Å². The summed E-state index contributed by atoms with van der Waals surface area (Å²) in [7, 11) is 0.